The van der Waals surface area contributed by atoms with Crippen LogP contribution in [0.25, 0.3) is 0 Å². The lowest BCUT2D eigenvalue weighted by Crippen LogP contribution is -2.21. The molecular formula is C16H12Cl2N2O5. The van der Waals surface area contributed by atoms with Gasteiger partial charge in [0, 0.05) is 12.1 Å². The molecule has 2 aromatic rings. The van der Waals surface area contributed by atoms with E-state index in [4.69, 9.17) is 27.9 Å². The topological polar surface area (TPSA) is 98.5 Å². The van der Waals surface area contributed by atoms with Gasteiger partial charge in [-0.3, -0.25) is 14.9 Å². The summed E-state index contributed by atoms with van der Waals surface area (Å²) in [4.78, 5) is 34.0. The maximum Gasteiger partial charge on any atom is 0.338 e. The van der Waals surface area contributed by atoms with Gasteiger partial charge in [0.1, 0.15) is 0 Å². The van der Waals surface area contributed by atoms with Crippen molar-refractivity contribution in [1.29, 1.82) is 0 Å². The average molecular weight is 383 g/mol. The SMILES string of the molecule is Cc1ccc([N+](=O)[O-])cc1NC(=O)COC(=O)c1ccc(Cl)c(Cl)c1. The molecule has 0 bridgehead atoms. The van der Waals surface area contributed by atoms with Crippen molar-refractivity contribution in [3.05, 3.63) is 67.7 Å². The summed E-state index contributed by atoms with van der Waals surface area (Å²) in [5.41, 5.74) is 0.891. The second kappa shape index (κ2) is 7.96. The van der Waals surface area contributed by atoms with Gasteiger partial charge in [0.25, 0.3) is 11.6 Å². The van der Waals surface area contributed by atoms with Gasteiger partial charge in [0.15, 0.2) is 6.61 Å². The highest BCUT2D eigenvalue weighted by Gasteiger charge is 2.14. The molecule has 0 atom stereocenters. The number of aryl methyl sites for hydroxylation is 1. The van der Waals surface area contributed by atoms with Gasteiger partial charge in [-0.05, 0) is 30.7 Å². The van der Waals surface area contributed by atoms with Crippen LogP contribution in [0.1, 0.15) is 15.9 Å². The van der Waals surface area contributed by atoms with Crippen LogP contribution in [0.15, 0.2) is 36.4 Å². The van der Waals surface area contributed by atoms with E-state index in [2.05, 4.69) is 5.32 Å². The van der Waals surface area contributed by atoms with E-state index in [1.807, 2.05) is 0 Å². The number of anilines is 1. The molecule has 0 fully saturated rings. The van der Waals surface area contributed by atoms with Gasteiger partial charge in [-0.25, -0.2) is 4.79 Å². The maximum absolute atomic E-state index is 11.9. The van der Waals surface area contributed by atoms with Crippen molar-refractivity contribution in [2.24, 2.45) is 0 Å². The van der Waals surface area contributed by atoms with Gasteiger partial charge >= 0.3 is 5.97 Å². The van der Waals surface area contributed by atoms with Crippen LogP contribution in [-0.2, 0) is 9.53 Å². The second-order valence-electron chi connectivity index (χ2n) is 5.01. The molecule has 2 aromatic carbocycles. The number of non-ortho nitro benzene ring substituents is 1. The molecule has 0 spiro atoms. The fraction of sp³-hybridized carbons (Fsp3) is 0.125. The quantitative estimate of drug-likeness (QED) is 0.478. The Labute approximate surface area is 152 Å². The van der Waals surface area contributed by atoms with Gasteiger partial charge in [0.05, 0.1) is 26.2 Å². The van der Waals surface area contributed by atoms with Gasteiger partial charge < -0.3 is 10.1 Å². The average Bonchev–Trinajstić information content (AvgIpc) is 2.57. The number of nitro groups is 1. The number of benzene rings is 2. The van der Waals surface area contributed by atoms with Crippen LogP contribution in [0.4, 0.5) is 11.4 Å². The smallest absolute Gasteiger partial charge is 0.338 e. The van der Waals surface area contributed by atoms with E-state index in [1.54, 1.807) is 6.92 Å². The molecule has 7 nitrogen and oxygen atoms in total. The fourth-order valence-corrected chi connectivity index (χ4v) is 2.18. The van der Waals surface area contributed by atoms with E-state index < -0.39 is 23.4 Å². The maximum atomic E-state index is 11.9. The molecule has 0 saturated heterocycles. The van der Waals surface area contributed by atoms with Crippen LogP contribution < -0.4 is 5.32 Å². The number of nitro benzene ring substituents is 1. The minimum absolute atomic E-state index is 0.147. The highest BCUT2D eigenvalue weighted by Crippen LogP contribution is 2.23. The normalized spacial score (nSPS) is 10.2. The summed E-state index contributed by atoms with van der Waals surface area (Å²) in [7, 11) is 0. The predicted molar refractivity (Wildman–Crippen MR) is 93.2 cm³/mol. The number of rotatable bonds is 5. The molecule has 0 saturated carbocycles. The highest BCUT2D eigenvalue weighted by molar-refractivity contribution is 6.42. The Bertz CT molecular complexity index is 854. The van der Waals surface area contributed by atoms with Crippen LogP contribution in [0.2, 0.25) is 10.0 Å². The third kappa shape index (κ3) is 4.91. The number of esters is 1. The van der Waals surface area contributed by atoms with Crippen molar-refractivity contribution < 1.29 is 19.2 Å². The summed E-state index contributed by atoms with van der Waals surface area (Å²) in [5, 5.41) is 13.7. The van der Waals surface area contributed by atoms with Crippen LogP contribution in [-0.4, -0.2) is 23.4 Å². The van der Waals surface area contributed by atoms with Gasteiger partial charge in [0.2, 0.25) is 0 Å². The molecule has 0 aromatic heterocycles. The number of hydrogen-bond donors (Lipinski definition) is 1. The standard InChI is InChI=1S/C16H12Cl2N2O5/c1-9-2-4-11(20(23)24)7-14(9)19-15(21)8-25-16(22)10-3-5-12(17)13(18)6-10/h2-7H,8H2,1H3,(H,19,21). The number of ether oxygens (including phenoxy) is 1. The highest BCUT2D eigenvalue weighted by atomic mass is 35.5. The number of carbonyl (C=O) groups excluding carboxylic acids is 2. The van der Waals surface area contributed by atoms with E-state index >= 15 is 0 Å². The number of hydrogen-bond acceptors (Lipinski definition) is 5. The zero-order valence-corrected chi connectivity index (χ0v) is 14.4. The van der Waals surface area contributed by atoms with E-state index in [0.717, 1.165) is 0 Å². The zero-order valence-electron chi connectivity index (χ0n) is 12.9. The van der Waals surface area contributed by atoms with E-state index in [9.17, 15) is 19.7 Å². The first kappa shape index (κ1) is 18.7. The van der Waals surface area contributed by atoms with Crippen molar-refractivity contribution in [2.45, 2.75) is 6.92 Å². The van der Waals surface area contributed by atoms with E-state index in [1.165, 1.54) is 36.4 Å². The monoisotopic (exact) mass is 382 g/mol. The first-order valence-corrected chi connectivity index (χ1v) is 7.70. The molecule has 0 aliphatic rings. The lowest BCUT2D eigenvalue weighted by atomic mass is 10.2. The first-order valence-electron chi connectivity index (χ1n) is 6.95. The summed E-state index contributed by atoms with van der Waals surface area (Å²) in [6, 6.07) is 8.25. The van der Waals surface area contributed by atoms with Crippen molar-refractivity contribution in [1.82, 2.24) is 0 Å². The fourth-order valence-electron chi connectivity index (χ4n) is 1.88. The number of nitrogens with one attached hydrogen (secondary N) is 1. The second-order valence-corrected chi connectivity index (χ2v) is 5.82. The minimum Gasteiger partial charge on any atom is -0.452 e. The molecule has 0 heterocycles. The number of amides is 1. The number of carbonyl (C=O) groups is 2. The molecule has 0 aliphatic carbocycles. The van der Waals surface area contributed by atoms with E-state index in [-0.39, 0.29) is 27.0 Å². The van der Waals surface area contributed by atoms with Crippen molar-refractivity contribution >= 4 is 46.5 Å². The van der Waals surface area contributed by atoms with Crippen LogP contribution in [0.3, 0.4) is 0 Å². The largest absolute Gasteiger partial charge is 0.452 e. The summed E-state index contributed by atoms with van der Waals surface area (Å²) < 4.78 is 4.89. The van der Waals surface area contributed by atoms with Gasteiger partial charge in [-0.15, -0.1) is 0 Å². The summed E-state index contributed by atoms with van der Waals surface area (Å²) in [6.45, 7) is 1.13. The van der Waals surface area contributed by atoms with Crippen LogP contribution in [0.5, 0.6) is 0 Å². The Hall–Kier alpha value is -2.64. The Morgan fingerprint density at radius 2 is 1.88 bits per heavy atom. The first-order chi connectivity index (χ1) is 11.8. The van der Waals surface area contributed by atoms with Gasteiger partial charge in [-0.1, -0.05) is 29.3 Å². The summed E-state index contributed by atoms with van der Waals surface area (Å²) >= 11 is 11.6. The molecule has 1 N–H and O–H groups in total. The van der Waals surface area contributed by atoms with Crippen LogP contribution >= 0.6 is 23.2 Å². The zero-order chi connectivity index (χ0) is 18.6. The molecule has 25 heavy (non-hydrogen) atoms. The third-order valence-electron chi connectivity index (χ3n) is 3.20. The molecule has 0 aliphatic heterocycles. The van der Waals surface area contributed by atoms with Crippen molar-refractivity contribution in [2.75, 3.05) is 11.9 Å². The molecule has 1 amide bonds. The molecule has 0 unspecified atom stereocenters. The molecule has 130 valence electrons. The van der Waals surface area contributed by atoms with Crippen molar-refractivity contribution in [3.8, 4) is 0 Å². The molecular weight excluding hydrogens is 371 g/mol. The Morgan fingerprint density at radius 3 is 2.52 bits per heavy atom. The lowest BCUT2D eigenvalue weighted by molar-refractivity contribution is -0.384. The minimum atomic E-state index is -0.746. The van der Waals surface area contributed by atoms with Crippen LogP contribution in [0, 0.1) is 17.0 Å². The third-order valence-corrected chi connectivity index (χ3v) is 3.93. The number of halogens is 2. The molecule has 0 radical (unpaired) electrons. The summed E-state index contributed by atoms with van der Waals surface area (Å²) in [5.74, 6) is -1.37. The Balaban J connectivity index is 1.98. The van der Waals surface area contributed by atoms with Gasteiger partial charge in [-0.2, -0.15) is 0 Å². The lowest BCUT2D eigenvalue weighted by Gasteiger charge is -2.09. The Morgan fingerprint density at radius 1 is 1.16 bits per heavy atom. The summed E-state index contributed by atoms with van der Waals surface area (Å²) in [6.07, 6.45) is 0. The predicted octanol–water partition coefficient (Wildman–Crippen LogP) is 4.01. The Kier molecular flexibility index (Phi) is 5.95. The molecule has 9 heteroatoms. The van der Waals surface area contributed by atoms with E-state index in [0.29, 0.717) is 5.56 Å². The number of nitrogens with zero attached hydrogens (tertiary/aromatic N) is 1. The molecule has 2 rings (SSSR count). The van der Waals surface area contributed by atoms with Crippen molar-refractivity contribution in [3.63, 3.8) is 0 Å².